The van der Waals surface area contributed by atoms with Crippen LogP contribution in [0.3, 0.4) is 0 Å². The van der Waals surface area contributed by atoms with Gasteiger partial charge in [0.2, 0.25) is 5.91 Å². The van der Waals surface area contributed by atoms with Gasteiger partial charge in [-0.2, -0.15) is 5.10 Å². The Kier molecular flexibility index (Phi) is 3.72. The second kappa shape index (κ2) is 6.00. The molecule has 0 aromatic carbocycles. The molecule has 0 bridgehead atoms. The Bertz CT molecular complexity index is 739. The fourth-order valence-corrected chi connectivity index (χ4v) is 1.94. The zero-order chi connectivity index (χ0) is 14.5. The molecule has 3 heterocycles. The quantitative estimate of drug-likeness (QED) is 0.651. The molecule has 0 unspecified atom stereocenters. The maximum Gasteiger partial charge on any atom is 0.239 e. The monoisotopic (exact) mass is 282 g/mol. The molecule has 3 rings (SSSR count). The molecule has 21 heavy (non-hydrogen) atoms. The molecular formula is C14H14N6O. The normalized spacial score (nSPS) is 10.5. The number of hydrogen-bond donors (Lipinski definition) is 3. The van der Waals surface area contributed by atoms with E-state index < -0.39 is 0 Å². The van der Waals surface area contributed by atoms with Crippen LogP contribution in [-0.2, 0) is 11.3 Å². The zero-order valence-electron chi connectivity index (χ0n) is 11.2. The van der Waals surface area contributed by atoms with E-state index in [1.54, 1.807) is 18.6 Å². The fourth-order valence-electron chi connectivity index (χ4n) is 1.94. The third-order valence-electron chi connectivity index (χ3n) is 2.99. The summed E-state index contributed by atoms with van der Waals surface area (Å²) in [5, 5.41) is 13.7. The number of amides is 1. The third-order valence-corrected chi connectivity index (χ3v) is 2.99. The van der Waals surface area contributed by atoms with Gasteiger partial charge in [0, 0.05) is 24.0 Å². The van der Waals surface area contributed by atoms with E-state index >= 15 is 0 Å². The Morgan fingerprint density at radius 2 is 2.14 bits per heavy atom. The number of carbonyl (C=O) groups excluding carboxylic acids is 1. The molecule has 0 atom stereocenters. The highest BCUT2D eigenvalue weighted by atomic mass is 16.1. The Morgan fingerprint density at radius 1 is 1.24 bits per heavy atom. The standard InChI is InChI=1S/C14H14N6O/c21-13(9-17-10-3-1-5-15-7-10)18-8-12-11-4-2-6-16-14(11)20-19-12/h1-7,17H,8-9H2,(H,18,21)(H,16,19,20). The van der Waals surface area contributed by atoms with E-state index in [2.05, 4.69) is 30.8 Å². The van der Waals surface area contributed by atoms with Crippen molar-refractivity contribution in [2.24, 2.45) is 0 Å². The summed E-state index contributed by atoms with van der Waals surface area (Å²) in [5.74, 6) is -0.106. The molecule has 3 aromatic rings. The number of carbonyl (C=O) groups is 1. The van der Waals surface area contributed by atoms with Crippen molar-refractivity contribution in [3.05, 3.63) is 48.5 Å². The van der Waals surface area contributed by atoms with E-state index in [0.717, 1.165) is 16.8 Å². The Hall–Kier alpha value is -2.96. The topological polar surface area (TPSA) is 95.6 Å². The summed E-state index contributed by atoms with van der Waals surface area (Å²) >= 11 is 0. The van der Waals surface area contributed by atoms with Crippen LogP contribution in [0.2, 0.25) is 0 Å². The van der Waals surface area contributed by atoms with Crippen LogP contribution < -0.4 is 10.6 Å². The van der Waals surface area contributed by atoms with Crippen LogP contribution in [0.25, 0.3) is 11.0 Å². The van der Waals surface area contributed by atoms with Gasteiger partial charge in [0.15, 0.2) is 5.65 Å². The van der Waals surface area contributed by atoms with E-state index in [4.69, 9.17) is 0 Å². The van der Waals surface area contributed by atoms with E-state index in [9.17, 15) is 4.79 Å². The summed E-state index contributed by atoms with van der Waals surface area (Å²) in [6.45, 7) is 0.575. The first-order valence-electron chi connectivity index (χ1n) is 6.51. The van der Waals surface area contributed by atoms with E-state index in [0.29, 0.717) is 12.2 Å². The van der Waals surface area contributed by atoms with Crippen molar-refractivity contribution in [2.75, 3.05) is 11.9 Å². The number of H-pyrrole nitrogens is 1. The van der Waals surface area contributed by atoms with Gasteiger partial charge in [-0.05, 0) is 24.3 Å². The van der Waals surface area contributed by atoms with E-state index in [1.807, 2.05) is 24.3 Å². The lowest BCUT2D eigenvalue weighted by Crippen LogP contribution is -2.29. The lowest BCUT2D eigenvalue weighted by molar-refractivity contribution is -0.119. The van der Waals surface area contributed by atoms with Gasteiger partial charge in [-0.15, -0.1) is 0 Å². The number of fused-ring (bicyclic) bond motifs is 1. The van der Waals surface area contributed by atoms with Crippen LogP contribution in [0, 0.1) is 0 Å². The number of pyridine rings is 2. The molecule has 7 heteroatoms. The van der Waals surface area contributed by atoms with Crippen molar-refractivity contribution >= 4 is 22.6 Å². The summed E-state index contributed by atoms with van der Waals surface area (Å²) in [7, 11) is 0. The minimum atomic E-state index is -0.106. The van der Waals surface area contributed by atoms with Gasteiger partial charge in [-0.3, -0.25) is 14.9 Å². The summed E-state index contributed by atoms with van der Waals surface area (Å²) in [5.41, 5.74) is 2.30. The SMILES string of the molecule is O=C(CNc1cccnc1)NCc1[nH]nc2ncccc12. The lowest BCUT2D eigenvalue weighted by Gasteiger charge is -2.06. The first-order valence-corrected chi connectivity index (χ1v) is 6.51. The number of nitrogens with zero attached hydrogens (tertiary/aromatic N) is 3. The van der Waals surface area contributed by atoms with Gasteiger partial charge in [0.05, 0.1) is 24.5 Å². The fraction of sp³-hybridized carbons (Fsp3) is 0.143. The highest BCUT2D eigenvalue weighted by Gasteiger charge is 2.07. The number of rotatable bonds is 5. The predicted octanol–water partition coefficient (Wildman–Crippen LogP) is 1.08. The maximum atomic E-state index is 11.8. The van der Waals surface area contributed by atoms with Crippen LogP contribution in [0.1, 0.15) is 5.69 Å². The maximum absolute atomic E-state index is 11.8. The number of aromatic nitrogens is 4. The number of aromatic amines is 1. The van der Waals surface area contributed by atoms with Gasteiger partial charge in [-0.1, -0.05) is 0 Å². The van der Waals surface area contributed by atoms with E-state index in [-0.39, 0.29) is 12.5 Å². The molecule has 0 aliphatic carbocycles. The Balaban J connectivity index is 1.54. The average Bonchev–Trinajstić information content (AvgIpc) is 2.95. The van der Waals surface area contributed by atoms with E-state index in [1.165, 1.54) is 0 Å². The Labute approximate surface area is 120 Å². The van der Waals surface area contributed by atoms with Gasteiger partial charge < -0.3 is 10.6 Å². The van der Waals surface area contributed by atoms with Crippen molar-refractivity contribution < 1.29 is 4.79 Å². The summed E-state index contributed by atoms with van der Waals surface area (Å²) in [4.78, 5) is 19.9. The molecule has 0 radical (unpaired) electrons. The molecule has 0 saturated carbocycles. The third kappa shape index (κ3) is 3.14. The second-order valence-corrected chi connectivity index (χ2v) is 4.45. The molecule has 1 amide bonds. The first kappa shape index (κ1) is 13.0. The molecule has 3 aromatic heterocycles. The van der Waals surface area contributed by atoms with Crippen LogP contribution in [0.4, 0.5) is 5.69 Å². The minimum Gasteiger partial charge on any atom is -0.375 e. The van der Waals surface area contributed by atoms with Gasteiger partial charge in [0.1, 0.15) is 0 Å². The number of hydrogen-bond acceptors (Lipinski definition) is 5. The number of nitrogens with one attached hydrogen (secondary N) is 3. The molecule has 0 aliphatic rings. The van der Waals surface area contributed by atoms with Crippen molar-refractivity contribution in [2.45, 2.75) is 6.54 Å². The van der Waals surface area contributed by atoms with Crippen LogP contribution in [0.5, 0.6) is 0 Å². The summed E-state index contributed by atoms with van der Waals surface area (Å²) in [6, 6.07) is 7.42. The zero-order valence-corrected chi connectivity index (χ0v) is 11.2. The minimum absolute atomic E-state index is 0.106. The van der Waals surface area contributed by atoms with Crippen molar-refractivity contribution in [1.29, 1.82) is 0 Å². The average molecular weight is 282 g/mol. The second-order valence-electron chi connectivity index (χ2n) is 4.45. The van der Waals surface area contributed by atoms with Crippen molar-refractivity contribution in [1.82, 2.24) is 25.5 Å². The highest BCUT2D eigenvalue weighted by Crippen LogP contribution is 2.12. The molecule has 3 N–H and O–H groups in total. The van der Waals surface area contributed by atoms with Gasteiger partial charge in [-0.25, -0.2) is 4.98 Å². The molecule has 7 nitrogen and oxygen atoms in total. The largest absolute Gasteiger partial charge is 0.375 e. The molecule has 106 valence electrons. The van der Waals surface area contributed by atoms with Gasteiger partial charge >= 0.3 is 0 Å². The van der Waals surface area contributed by atoms with Crippen LogP contribution in [0.15, 0.2) is 42.9 Å². The summed E-state index contributed by atoms with van der Waals surface area (Å²) < 4.78 is 0. The van der Waals surface area contributed by atoms with Crippen molar-refractivity contribution in [3.63, 3.8) is 0 Å². The molecule has 0 saturated heterocycles. The smallest absolute Gasteiger partial charge is 0.239 e. The van der Waals surface area contributed by atoms with Crippen molar-refractivity contribution in [3.8, 4) is 0 Å². The molecule has 0 aliphatic heterocycles. The van der Waals surface area contributed by atoms with Crippen LogP contribution >= 0.6 is 0 Å². The predicted molar refractivity (Wildman–Crippen MR) is 78.5 cm³/mol. The highest BCUT2D eigenvalue weighted by molar-refractivity contribution is 5.82. The Morgan fingerprint density at radius 3 is 3.00 bits per heavy atom. The molecule has 0 spiro atoms. The summed E-state index contributed by atoms with van der Waals surface area (Å²) in [6.07, 6.45) is 5.04. The molecular weight excluding hydrogens is 268 g/mol. The van der Waals surface area contributed by atoms with Crippen LogP contribution in [-0.4, -0.2) is 32.6 Å². The number of anilines is 1. The first-order chi connectivity index (χ1) is 10.3. The lowest BCUT2D eigenvalue weighted by atomic mass is 10.2. The molecule has 0 fully saturated rings. The van der Waals surface area contributed by atoms with Gasteiger partial charge in [0.25, 0.3) is 0 Å².